The molecule has 2 fully saturated rings. The topological polar surface area (TPSA) is 110 Å². The molecular weight excluding hydrogens is 390 g/mol. The van der Waals surface area contributed by atoms with Gasteiger partial charge in [0, 0.05) is 19.1 Å². The first-order valence-electron chi connectivity index (χ1n) is 7.98. The summed E-state index contributed by atoms with van der Waals surface area (Å²) >= 11 is 0. The first kappa shape index (κ1) is 25.4. The predicted molar refractivity (Wildman–Crippen MR) is 80.1 cm³/mol. The van der Waals surface area contributed by atoms with Crippen LogP contribution in [0.5, 0.6) is 0 Å². The molecule has 0 spiro atoms. The number of rotatable bonds is 1. The Labute approximate surface area is 150 Å². The van der Waals surface area contributed by atoms with Crippen LogP contribution in [0, 0.1) is 0 Å². The zero-order valence-corrected chi connectivity index (χ0v) is 14.2. The van der Waals surface area contributed by atoms with Crippen LogP contribution in [0.2, 0.25) is 0 Å². The molecular formula is C14H22F6N2O5. The lowest BCUT2D eigenvalue weighted by Crippen LogP contribution is -2.47. The number of nitrogens with one attached hydrogen (secondary N) is 1. The average Bonchev–Trinajstić information content (AvgIpc) is 2.56. The maximum atomic E-state index is 10.6. The minimum absolute atomic E-state index is 0.0297. The van der Waals surface area contributed by atoms with Crippen molar-refractivity contribution in [2.75, 3.05) is 26.2 Å². The molecule has 2 rings (SSSR count). The van der Waals surface area contributed by atoms with Gasteiger partial charge in [0.25, 0.3) is 0 Å². The van der Waals surface area contributed by atoms with E-state index in [-0.39, 0.29) is 6.10 Å². The lowest BCUT2D eigenvalue weighted by Gasteiger charge is -2.38. The third kappa shape index (κ3) is 11.7. The Hall–Kier alpha value is -1.60. The van der Waals surface area contributed by atoms with E-state index in [2.05, 4.69) is 10.2 Å². The molecule has 27 heavy (non-hydrogen) atoms. The number of carboxylic acid groups (broad SMARTS) is 2. The SMILES string of the molecule is O=C(O)C(F)(F)F.O=C(O)C(F)(F)F.OC1CCN(C2CCNCC2)CC1. The number of carboxylic acids is 2. The second-order valence-electron chi connectivity index (χ2n) is 5.85. The molecule has 0 radical (unpaired) electrons. The Bertz CT molecular complexity index is 434. The predicted octanol–water partition coefficient (Wildman–Crippen LogP) is 1.46. The molecule has 2 aliphatic heterocycles. The summed E-state index contributed by atoms with van der Waals surface area (Å²) in [5.74, 6) is -5.51. The van der Waals surface area contributed by atoms with E-state index in [1.54, 1.807) is 0 Å². The Kier molecular flexibility index (Phi) is 10.6. The largest absolute Gasteiger partial charge is 0.490 e. The molecule has 13 heteroatoms. The summed E-state index contributed by atoms with van der Waals surface area (Å²) in [6.07, 6.45) is -5.67. The molecule has 0 atom stereocenters. The number of aliphatic hydroxyl groups excluding tert-OH is 1. The lowest BCUT2D eigenvalue weighted by atomic mass is 10.00. The van der Waals surface area contributed by atoms with Gasteiger partial charge in [-0.05, 0) is 38.8 Å². The van der Waals surface area contributed by atoms with Crippen LogP contribution in [-0.2, 0) is 9.59 Å². The van der Waals surface area contributed by atoms with Crippen LogP contribution in [0.4, 0.5) is 26.3 Å². The molecule has 0 saturated carbocycles. The molecule has 0 amide bonds. The molecule has 0 unspecified atom stereocenters. The third-order valence-electron chi connectivity index (χ3n) is 3.81. The van der Waals surface area contributed by atoms with Gasteiger partial charge in [-0.3, -0.25) is 0 Å². The maximum Gasteiger partial charge on any atom is 0.490 e. The zero-order valence-electron chi connectivity index (χ0n) is 14.2. The first-order chi connectivity index (χ1) is 12.2. The van der Waals surface area contributed by atoms with Crippen molar-refractivity contribution in [2.24, 2.45) is 0 Å². The Morgan fingerprint density at radius 1 is 0.815 bits per heavy atom. The number of carbonyl (C=O) groups is 2. The van der Waals surface area contributed by atoms with Gasteiger partial charge >= 0.3 is 24.3 Å². The standard InChI is InChI=1S/C10H20N2O.2C2HF3O2/c13-10-3-7-12(8-4-10)9-1-5-11-6-2-9;2*3-2(4,5)1(6)7/h9-11,13H,1-8H2;2*(H,6,7). The summed E-state index contributed by atoms with van der Waals surface area (Å²) in [7, 11) is 0. The first-order valence-corrected chi connectivity index (χ1v) is 7.98. The zero-order chi connectivity index (χ0) is 21.3. The van der Waals surface area contributed by atoms with Gasteiger partial charge in [-0.1, -0.05) is 0 Å². The molecule has 0 aromatic rings. The van der Waals surface area contributed by atoms with E-state index < -0.39 is 24.3 Å². The number of aliphatic hydroxyl groups is 1. The van der Waals surface area contributed by atoms with E-state index in [0.29, 0.717) is 0 Å². The number of hydrogen-bond acceptors (Lipinski definition) is 5. The number of piperidine rings is 2. The molecule has 2 heterocycles. The number of hydrogen-bond donors (Lipinski definition) is 4. The van der Waals surface area contributed by atoms with Crippen LogP contribution in [0.3, 0.4) is 0 Å². The second kappa shape index (κ2) is 11.3. The van der Waals surface area contributed by atoms with Crippen molar-refractivity contribution in [3.63, 3.8) is 0 Å². The molecule has 7 nitrogen and oxygen atoms in total. The fraction of sp³-hybridized carbons (Fsp3) is 0.857. The lowest BCUT2D eigenvalue weighted by molar-refractivity contribution is -0.193. The quantitative estimate of drug-likeness (QED) is 0.483. The van der Waals surface area contributed by atoms with Gasteiger partial charge < -0.3 is 25.5 Å². The smallest absolute Gasteiger partial charge is 0.475 e. The van der Waals surface area contributed by atoms with E-state index in [9.17, 15) is 31.4 Å². The maximum absolute atomic E-state index is 10.6. The molecule has 4 N–H and O–H groups in total. The second-order valence-corrected chi connectivity index (χ2v) is 5.85. The normalized spacial score (nSPS) is 20.0. The van der Waals surface area contributed by atoms with Gasteiger partial charge in [0.05, 0.1) is 6.10 Å². The highest BCUT2D eigenvalue weighted by atomic mass is 19.4. The Morgan fingerprint density at radius 2 is 1.15 bits per heavy atom. The summed E-state index contributed by atoms with van der Waals surface area (Å²) < 4.78 is 63.5. The number of halogens is 6. The number of nitrogens with zero attached hydrogens (tertiary/aromatic N) is 1. The van der Waals surface area contributed by atoms with Crippen molar-refractivity contribution in [3.05, 3.63) is 0 Å². The summed E-state index contributed by atoms with van der Waals surface area (Å²) in [4.78, 5) is 20.4. The van der Waals surface area contributed by atoms with Crippen LogP contribution in [0.25, 0.3) is 0 Å². The van der Waals surface area contributed by atoms with Gasteiger partial charge in [-0.25, -0.2) is 9.59 Å². The molecule has 160 valence electrons. The molecule has 0 aliphatic carbocycles. The molecule has 2 aliphatic rings. The van der Waals surface area contributed by atoms with Crippen molar-refractivity contribution < 1.29 is 51.3 Å². The van der Waals surface area contributed by atoms with Gasteiger partial charge in [-0.2, -0.15) is 26.3 Å². The van der Waals surface area contributed by atoms with E-state index >= 15 is 0 Å². The molecule has 0 aromatic heterocycles. The minimum Gasteiger partial charge on any atom is -0.475 e. The van der Waals surface area contributed by atoms with Crippen molar-refractivity contribution in [2.45, 2.75) is 50.2 Å². The van der Waals surface area contributed by atoms with Crippen LogP contribution >= 0.6 is 0 Å². The van der Waals surface area contributed by atoms with Gasteiger partial charge in [0.2, 0.25) is 0 Å². The van der Waals surface area contributed by atoms with Gasteiger partial charge in [0.1, 0.15) is 0 Å². The van der Waals surface area contributed by atoms with Crippen molar-refractivity contribution in [1.82, 2.24) is 10.2 Å². The third-order valence-corrected chi connectivity index (χ3v) is 3.81. The average molecular weight is 412 g/mol. The van der Waals surface area contributed by atoms with E-state index in [4.69, 9.17) is 19.8 Å². The molecule has 0 bridgehead atoms. The fourth-order valence-corrected chi connectivity index (χ4v) is 2.42. The van der Waals surface area contributed by atoms with Crippen molar-refractivity contribution in [3.8, 4) is 0 Å². The monoisotopic (exact) mass is 412 g/mol. The summed E-state index contributed by atoms with van der Waals surface area (Å²) in [5, 5.41) is 27.0. The number of aliphatic carboxylic acids is 2. The highest BCUT2D eigenvalue weighted by Gasteiger charge is 2.38. The van der Waals surface area contributed by atoms with Gasteiger partial charge in [0.15, 0.2) is 0 Å². The van der Waals surface area contributed by atoms with Crippen molar-refractivity contribution >= 4 is 11.9 Å². The molecule has 0 aromatic carbocycles. The summed E-state index contributed by atoms with van der Waals surface area (Å²) in [6, 6.07) is 0.786. The van der Waals surface area contributed by atoms with Crippen LogP contribution < -0.4 is 5.32 Å². The minimum atomic E-state index is -5.08. The number of alkyl halides is 6. The van der Waals surface area contributed by atoms with E-state index in [1.165, 1.54) is 25.9 Å². The van der Waals surface area contributed by atoms with E-state index in [0.717, 1.165) is 32.0 Å². The van der Waals surface area contributed by atoms with Crippen LogP contribution in [0.15, 0.2) is 0 Å². The van der Waals surface area contributed by atoms with Crippen molar-refractivity contribution in [1.29, 1.82) is 0 Å². The number of likely N-dealkylation sites (tertiary alicyclic amines) is 1. The van der Waals surface area contributed by atoms with Crippen LogP contribution in [-0.4, -0.2) is 82.8 Å². The summed E-state index contributed by atoms with van der Waals surface area (Å²) in [6.45, 7) is 4.55. The van der Waals surface area contributed by atoms with Gasteiger partial charge in [-0.15, -0.1) is 0 Å². The van der Waals surface area contributed by atoms with E-state index in [1.807, 2.05) is 0 Å². The highest BCUT2D eigenvalue weighted by Crippen LogP contribution is 2.18. The highest BCUT2D eigenvalue weighted by molar-refractivity contribution is 5.73. The Morgan fingerprint density at radius 3 is 1.44 bits per heavy atom. The fourth-order valence-electron chi connectivity index (χ4n) is 2.42. The molecule has 2 saturated heterocycles. The van der Waals surface area contributed by atoms with Crippen LogP contribution in [0.1, 0.15) is 25.7 Å². The summed E-state index contributed by atoms with van der Waals surface area (Å²) in [5.41, 5.74) is 0. The Balaban J connectivity index is 0.000000416.